The van der Waals surface area contributed by atoms with E-state index in [1.54, 1.807) is 12.1 Å². The first-order valence-corrected chi connectivity index (χ1v) is 6.67. The zero-order valence-electron chi connectivity index (χ0n) is 10.0. The highest BCUT2D eigenvalue weighted by atomic mass is 35.5. The molecule has 0 saturated carbocycles. The number of allylic oxidation sites excluding steroid dienone is 1. The standard InChI is InChI=1S/C15H7Cl3FN/c16-12-6-10(15(18)14(17)7-12)5-11(8-20)9-1-3-13(19)4-2-9/h1-7H/b11-5-. The Hall–Kier alpha value is -1.53. The quantitative estimate of drug-likeness (QED) is 0.386. The third-order valence-corrected chi connectivity index (χ3v) is 3.63. The minimum Gasteiger partial charge on any atom is -0.207 e. The van der Waals surface area contributed by atoms with Gasteiger partial charge >= 0.3 is 0 Å². The average molecular weight is 327 g/mol. The van der Waals surface area contributed by atoms with Crippen LogP contribution in [-0.4, -0.2) is 0 Å². The number of rotatable bonds is 2. The molecular formula is C15H7Cl3FN. The number of hydrogen-bond donors (Lipinski definition) is 0. The van der Waals surface area contributed by atoms with E-state index in [0.717, 1.165) is 0 Å². The summed E-state index contributed by atoms with van der Waals surface area (Å²) in [6, 6.07) is 10.8. The lowest BCUT2D eigenvalue weighted by Gasteiger charge is -2.04. The predicted molar refractivity (Wildman–Crippen MR) is 81.4 cm³/mol. The van der Waals surface area contributed by atoms with Crippen molar-refractivity contribution < 1.29 is 4.39 Å². The summed E-state index contributed by atoms with van der Waals surface area (Å²) >= 11 is 17.9. The maximum atomic E-state index is 12.9. The smallest absolute Gasteiger partial charge is 0.123 e. The van der Waals surface area contributed by atoms with Gasteiger partial charge in [0.25, 0.3) is 0 Å². The summed E-state index contributed by atoms with van der Waals surface area (Å²) in [6.07, 6.45) is 1.56. The summed E-state index contributed by atoms with van der Waals surface area (Å²) in [5.41, 5.74) is 1.45. The lowest BCUT2D eigenvalue weighted by Crippen LogP contribution is -1.85. The van der Waals surface area contributed by atoms with Gasteiger partial charge in [-0.1, -0.05) is 46.9 Å². The summed E-state index contributed by atoms with van der Waals surface area (Å²) in [5.74, 6) is -0.366. The van der Waals surface area contributed by atoms with Crippen LogP contribution in [0, 0.1) is 17.1 Å². The van der Waals surface area contributed by atoms with Gasteiger partial charge in [0.2, 0.25) is 0 Å². The van der Waals surface area contributed by atoms with E-state index in [1.807, 2.05) is 6.07 Å². The van der Waals surface area contributed by atoms with E-state index in [9.17, 15) is 9.65 Å². The molecule has 0 heterocycles. The molecule has 20 heavy (non-hydrogen) atoms. The van der Waals surface area contributed by atoms with Crippen LogP contribution in [0.4, 0.5) is 4.39 Å². The number of halogens is 4. The summed E-state index contributed by atoms with van der Waals surface area (Å²) < 4.78 is 12.9. The fourth-order valence-corrected chi connectivity index (χ4v) is 2.32. The van der Waals surface area contributed by atoms with Gasteiger partial charge in [0, 0.05) is 5.02 Å². The van der Waals surface area contributed by atoms with Crippen LogP contribution in [0.5, 0.6) is 0 Å². The monoisotopic (exact) mass is 325 g/mol. The second kappa shape index (κ2) is 6.28. The summed E-state index contributed by atoms with van der Waals surface area (Å²) in [5, 5.41) is 10.3. The van der Waals surface area contributed by atoms with Gasteiger partial charge in [-0.3, -0.25) is 0 Å². The molecule has 0 amide bonds. The molecule has 2 aromatic rings. The third kappa shape index (κ3) is 3.32. The Morgan fingerprint density at radius 3 is 2.35 bits per heavy atom. The van der Waals surface area contributed by atoms with Gasteiger partial charge in [-0.2, -0.15) is 5.26 Å². The Labute approximate surface area is 130 Å². The van der Waals surface area contributed by atoms with E-state index in [0.29, 0.717) is 31.8 Å². The minimum atomic E-state index is -0.366. The first kappa shape index (κ1) is 14.9. The van der Waals surface area contributed by atoms with Crippen molar-refractivity contribution in [2.45, 2.75) is 0 Å². The zero-order chi connectivity index (χ0) is 14.7. The van der Waals surface area contributed by atoms with E-state index in [2.05, 4.69) is 0 Å². The molecule has 100 valence electrons. The molecule has 0 atom stereocenters. The van der Waals surface area contributed by atoms with Gasteiger partial charge in [-0.25, -0.2) is 4.39 Å². The van der Waals surface area contributed by atoms with Crippen molar-refractivity contribution in [3.8, 4) is 6.07 Å². The van der Waals surface area contributed by atoms with E-state index in [-0.39, 0.29) is 5.82 Å². The van der Waals surface area contributed by atoms with Gasteiger partial charge in [-0.05, 0) is 41.5 Å². The highest BCUT2D eigenvalue weighted by Gasteiger charge is 2.08. The average Bonchev–Trinajstić information content (AvgIpc) is 2.42. The van der Waals surface area contributed by atoms with Crippen LogP contribution in [0.1, 0.15) is 11.1 Å². The molecule has 2 rings (SSSR count). The van der Waals surface area contributed by atoms with Crippen molar-refractivity contribution >= 4 is 46.5 Å². The molecule has 0 saturated heterocycles. The van der Waals surface area contributed by atoms with Gasteiger partial charge in [0.1, 0.15) is 5.82 Å². The molecule has 0 N–H and O–H groups in total. The SMILES string of the molecule is N#C/C(=C/c1cc(Cl)cc(Cl)c1Cl)c1ccc(F)cc1. The fraction of sp³-hybridized carbons (Fsp3) is 0. The van der Waals surface area contributed by atoms with Crippen molar-refractivity contribution in [1.29, 1.82) is 5.26 Å². The first-order valence-electron chi connectivity index (χ1n) is 5.53. The van der Waals surface area contributed by atoms with Gasteiger partial charge in [0.05, 0.1) is 21.7 Å². The van der Waals surface area contributed by atoms with Gasteiger partial charge in [-0.15, -0.1) is 0 Å². The number of benzene rings is 2. The Kier molecular flexibility index (Phi) is 4.67. The maximum absolute atomic E-state index is 12.9. The largest absolute Gasteiger partial charge is 0.207 e. The summed E-state index contributed by atoms with van der Waals surface area (Å²) in [7, 11) is 0. The number of nitriles is 1. The molecule has 0 aliphatic carbocycles. The van der Waals surface area contributed by atoms with E-state index >= 15 is 0 Å². The molecule has 1 nitrogen and oxygen atoms in total. The zero-order valence-corrected chi connectivity index (χ0v) is 12.3. The number of hydrogen-bond acceptors (Lipinski definition) is 1. The fourth-order valence-electron chi connectivity index (χ4n) is 1.65. The highest BCUT2D eigenvalue weighted by Crippen LogP contribution is 2.32. The molecule has 0 radical (unpaired) electrons. The molecule has 0 aliphatic rings. The second-order valence-corrected chi connectivity index (χ2v) is 5.19. The maximum Gasteiger partial charge on any atom is 0.123 e. The molecule has 0 aliphatic heterocycles. The van der Waals surface area contributed by atoms with Crippen LogP contribution >= 0.6 is 34.8 Å². The topological polar surface area (TPSA) is 23.8 Å². The van der Waals surface area contributed by atoms with Crippen molar-refractivity contribution in [3.63, 3.8) is 0 Å². The van der Waals surface area contributed by atoms with Crippen LogP contribution in [0.3, 0.4) is 0 Å². The van der Waals surface area contributed by atoms with Gasteiger partial charge in [0.15, 0.2) is 0 Å². The highest BCUT2D eigenvalue weighted by molar-refractivity contribution is 6.44. The third-order valence-electron chi connectivity index (χ3n) is 2.60. The van der Waals surface area contributed by atoms with Crippen LogP contribution in [0.15, 0.2) is 36.4 Å². The molecule has 0 fully saturated rings. The Morgan fingerprint density at radius 1 is 1.10 bits per heavy atom. The second-order valence-electron chi connectivity index (χ2n) is 3.97. The molecular weight excluding hydrogens is 320 g/mol. The van der Waals surface area contributed by atoms with Crippen LogP contribution < -0.4 is 0 Å². The van der Waals surface area contributed by atoms with E-state index in [1.165, 1.54) is 30.3 Å². The Morgan fingerprint density at radius 2 is 1.75 bits per heavy atom. The van der Waals surface area contributed by atoms with Crippen LogP contribution in [-0.2, 0) is 0 Å². The lowest BCUT2D eigenvalue weighted by atomic mass is 10.0. The van der Waals surface area contributed by atoms with E-state index < -0.39 is 0 Å². The Balaban J connectivity index is 2.52. The molecule has 0 spiro atoms. The minimum absolute atomic E-state index is 0.307. The molecule has 0 aromatic heterocycles. The molecule has 5 heteroatoms. The molecule has 0 bridgehead atoms. The normalized spacial score (nSPS) is 11.2. The van der Waals surface area contributed by atoms with Crippen LogP contribution in [0.25, 0.3) is 11.6 Å². The Bertz CT molecular complexity index is 715. The van der Waals surface area contributed by atoms with Crippen LogP contribution in [0.2, 0.25) is 15.1 Å². The predicted octanol–water partition coefficient (Wildman–Crippen LogP) is 5.85. The van der Waals surface area contributed by atoms with E-state index in [4.69, 9.17) is 34.8 Å². The van der Waals surface area contributed by atoms with Crippen molar-refractivity contribution in [1.82, 2.24) is 0 Å². The number of nitrogens with zero attached hydrogens (tertiary/aromatic N) is 1. The summed E-state index contributed by atoms with van der Waals surface area (Å²) in [4.78, 5) is 0. The van der Waals surface area contributed by atoms with Gasteiger partial charge < -0.3 is 0 Å². The lowest BCUT2D eigenvalue weighted by molar-refractivity contribution is 0.627. The summed E-state index contributed by atoms with van der Waals surface area (Å²) in [6.45, 7) is 0. The molecule has 0 unspecified atom stereocenters. The van der Waals surface area contributed by atoms with Crippen molar-refractivity contribution in [2.75, 3.05) is 0 Å². The van der Waals surface area contributed by atoms with Crippen molar-refractivity contribution in [3.05, 3.63) is 68.4 Å². The van der Waals surface area contributed by atoms with Crippen molar-refractivity contribution in [2.24, 2.45) is 0 Å². The molecule has 2 aromatic carbocycles. The first-order chi connectivity index (χ1) is 9.51.